The van der Waals surface area contributed by atoms with Gasteiger partial charge in [0.15, 0.2) is 5.82 Å². The number of halogens is 3. The van der Waals surface area contributed by atoms with Crippen LogP contribution in [0.2, 0.25) is 0 Å². The summed E-state index contributed by atoms with van der Waals surface area (Å²) in [7, 11) is 0. The van der Waals surface area contributed by atoms with Crippen molar-refractivity contribution in [1.82, 2.24) is 15.1 Å². The van der Waals surface area contributed by atoms with Crippen molar-refractivity contribution in [3.63, 3.8) is 0 Å². The first kappa shape index (κ1) is 17.4. The highest BCUT2D eigenvalue weighted by Gasteiger charge is 2.32. The van der Waals surface area contributed by atoms with E-state index < -0.39 is 11.8 Å². The highest BCUT2D eigenvalue weighted by atomic mass is 32.1. The molecule has 132 valence electrons. The van der Waals surface area contributed by atoms with Crippen LogP contribution in [0, 0.1) is 0 Å². The molecule has 1 aromatic carbocycles. The van der Waals surface area contributed by atoms with Crippen molar-refractivity contribution in [2.24, 2.45) is 0 Å². The molecule has 0 aliphatic carbocycles. The Kier molecular flexibility index (Phi) is 4.51. The minimum atomic E-state index is -4.71. The molecule has 0 spiro atoms. The summed E-state index contributed by atoms with van der Waals surface area (Å²) in [4.78, 5) is 8.56. The molecule has 25 heavy (non-hydrogen) atoms. The number of alkyl halides is 3. The van der Waals surface area contributed by atoms with E-state index in [1.54, 1.807) is 17.6 Å². The minimum Gasteiger partial charge on any atom is -0.406 e. The van der Waals surface area contributed by atoms with Crippen LogP contribution in [-0.2, 0) is 11.8 Å². The molecule has 0 radical (unpaired) electrons. The molecule has 0 atom stereocenters. The maximum absolute atomic E-state index is 12.2. The maximum atomic E-state index is 12.2. The first-order chi connectivity index (χ1) is 11.7. The summed E-state index contributed by atoms with van der Waals surface area (Å²) in [6.45, 7) is 3.73. The second-order valence-electron chi connectivity index (χ2n) is 5.87. The number of nitrogens with zero attached hydrogens (tertiary/aromatic N) is 3. The third-order valence-corrected chi connectivity index (χ3v) is 4.29. The average molecular weight is 369 g/mol. The molecule has 2 heterocycles. The zero-order chi connectivity index (χ0) is 18.1. The van der Waals surface area contributed by atoms with Crippen LogP contribution in [0.4, 0.5) is 13.2 Å². The first-order valence-electron chi connectivity index (χ1n) is 7.30. The third kappa shape index (κ3) is 4.16. The van der Waals surface area contributed by atoms with Crippen LogP contribution >= 0.6 is 11.3 Å². The molecule has 0 bridgehead atoms. The van der Waals surface area contributed by atoms with Gasteiger partial charge >= 0.3 is 6.36 Å². The highest BCUT2D eigenvalue weighted by molar-refractivity contribution is 7.07. The Morgan fingerprint density at radius 1 is 1.16 bits per heavy atom. The quantitative estimate of drug-likeness (QED) is 0.669. The zero-order valence-electron chi connectivity index (χ0n) is 13.4. The van der Waals surface area contributed by atoms with Gasteiger partial charge in [-0.2, -0.15) is 4.98 Å². The Morgan fingerprint density at radius 2 is 1.88 bits per heavy atom. The molecule has 5 nitrogen and oxygen atoms in total. The number of ether oxygens (including phenoxy) is 1. The van der Waals surface area contributed by atoms with Gasteiger partial charge in [0.05, 0.1) is 23.0 Å². The van der Waals surface area contributed by atoms with E-state index in [0.717, 1.165) is 11.3 Å². The predicted molar refractivity (Wildman–Crippen MR) is 84.5 cm³/mol. The number of thiazole rings is 1. The SMILES string of the molecule is CC(C)(c1ccc(OC(F)(F)F)cc1)c1noc(Cc2cscn2)n1. The lowest BCUT2D eigenvalue weighted by Crippen LogP contribution is -2.21. The molecule has 9 heteroatoms. The van der Waals surface area contributed by atoms with Crippen molar-refractivity contribution in [1.29, 1.82) is 0 Å². The molecule has 2 aromatic heterocycles. The van der Waals surface area contributed by atoms with Crippen LogP contribution in [-0.4, -0.2) is 21.5 Å². The summed E-state index contributed by atoms with van der Waals surface area (Å²) >= 11 is 1.48. The molecule has 0 amide bonds. The van der Waals surface area contributed by atoms with Crippen molar-refractivity contribution < 1.29 is 22.4 Å². The molecular formula is C16H14F3N3O2S. The lowest BCUT2D eigenvalue weighted by atomic mass is 9.84. The Bertz CT molecular complexity index is 827. The fourth-order valence-electron chi connectivity index (χ4n) is 2.26. The van der Waals surface area contributed by atoms with Crippen LogP contribution in [0.25, 0.3) is 0 Å². The number of benzene rings is 1. The van der Waals surface area contributed by atoms with Crippen molar-refractivity contribution >= 4 is 11.3 Å². The number of hydrogen-bond acceptors (Lipinski definition) is 6. The summed E-state index contributed by atoms with van der Waals surface area (Å²) in [5.41, 5.74) is 2.66. The molecule has 0 aliphatic rings. The summed E-state index contributed by atoms with van der Waals surface area (Å²) in [6, 6.07) is 5.64. The summed E-state index contributed by atoms with van der Waals surface area (Å²) in [6.07, 6.45) is -4.28. The van der Waals surface area contributed by atoms with E-state index in [1.807, 2.05) is 19.2 Å². The molecule has 0 unspecified atom stereocenters. The van der Waals surface area contributed by atoms with Crippen LogP contribution in [0.1, 0.15) is 36.8 Å². The second kappa shape index (κ2) is 6.47. The standard InChI is InChI=1S/C16H14F3N3O2S/c1-15(2,10-3-5-12(6-4-10)23-16(17,18)19)14-21-13(24-22-14)7-11-8-25-9-20-11/h3-6,8-9H,7H2,1-2H3. The highest BCUT2D eigenvalue weighted by Crippen LogP contribution is 2.32. The van der Waals surface area contributed by atoms with Gasteiger partial charge in [0, 0.05) is 5.38 Å². The largest absolute Gasteiger partial charge is 0.573 e. The topological polar surface area (TPSA) is 61.0 Å². The van der Waals surface area contributed by atoms with Gasteiger partial charge in [0.1, 0.15) is 5.75 Å². The van der Waals surface area contributed by atoms with Gasteiger partial charge in [-0.25, -0.2) is 4.98 Å². The van der Waals surface area contributed by atoms with Crippen molar-refractivity contribution in [3.05, 3.63) is 58.1 Å². The van der Waals surface area contributed by atoms with E-state index in [2.05, 4.69) is 19.9 Å². The van der Waals surface area contributed by atoms with E-state index in [-0.39, 0.29) is 5.75 Å². The summed E-state index contributed by atoms with van der Waals surface area (Å²) < 4.78 is 45.9. The molecule has 3 aromatic rings. The van der Waals surface area contributed by atoms with E-state index in [0.29, 0.717) is 18.1 Å². The van der Waals surface area contributed by atoms with Gasteiger partial charge in [0.2, 0.25) is 5.89 Å². The molecule has 0 saturated carbocycles. The van der Waals surface area contributed by atoms with E-state index in [9.17, 15) is 13.2 Å². The number of aromatic nitrogens is 3. The molecule has 0 saturated heterocycles. The molecule has 0 aliphatic heterocycles. The number of hydrogen-bond donors (Lipinski definition) is 0. The fraction of sp³-hybridized carbons (Fsp3) is 0.312. The smallest absolute Gasteiger partial charge is 0.406 e. The zero-order valence-corrected chi connectivity index (χ0v) is 14.2. The Morgan fingerprint density at radius 3 is 2.48 bits per heavy atom. The van der Waals surface area contributed by atoms with Gasteiger partial charge in [-0.1, -0.05) is 17.3 Å². The van der Waals surface area contributed by atoms with Gasteiger partial charge in [-0.15, -0.1) is 24.5 Å². The van der Waals surface area contributed by atoms with Gasteiger partial charge < -0.3 is 9.26 Å². The summed E-state index contributed by atoms with van der Waals surface area (Å²) in [5.74, 6) is 0.609. The van der Waals surface area contributed by atoms with Crippen molar-refractivity contribution in [3.8, 4) is 5.75 Å². The Labute approximate surface area is 145 Å². The van der Waals surface area contributed by atoms with E-state index in [4.69, 9.17) is 4.52 Å². The molecule has 0 N–H and O–H groups in total. The minimum absolute atomic E-state index is 0.274. The van der Waals surface area contributed by atoms with Crippen LogP contribution in [0.5, 0.6) is 5.75 Å². The average Bonchev–Trinajstić information content (AvgIpc) is 3.18. The Balaban J connectivity index is 1.78. The molecule has 3 rings (SSSR count). The van der Waals surface area contributed by atoms with Gasteiger partial charge in [-0.3, -0.25) is 0 Å². The normalized spacial score (nSPS) is 12.4. The van der Waals surface area contributed by atoms with Crippen molar-refractivity contribution in [2.45, 2.75) is 32.0 Å². The predicted octanol–water partition coefficient (Wildman–Crippen LogP) is 4.34. The fourth-order valence-corrected chi connectivity index (χ4v) is 2.82. The van der Waals surface area contributed by atoms with E-state index >= 15 is 0 Å². The second-order valence-corrected chi connectivity index (χ2v) is 6.58. The lowest BCUT2D eigenvalue weighted by molar-refractivity contribution is -0.274. The molecular weight excluding hydrogens is 355 g/mol. The van der Waals surface area contributed by atoms with Crippen LogP contribution < -0.4 is 4.74 Å². The van der Waals surface area contributed by atoms with Gasteiger partial charge in [0.25, 0.3) is 0 Å². The first-order valence-corrected chi connectivity index (χ1v) is 8.25. The molecule has 0 fully saturated rings. The van der Waals surface area contributed by atoms with Crippen LogP contribution in [0.3, 0.4) is 0 Å². The Hall–Kier alpha value is -2.42. The monoisotopic (exact) mass is 369 g/mol. The van der Waals surface area contributed by atoms with Crippen LogP contribution in [0.15, 0.2) is 39.7 Å². The van der Waals surface area contributed by atoms with Gasteiger partial charge in [-0.05, 0) is 31.5 Å². The van der Waals surface area contributed by atoms with E-state index in [1.165, 1.54) is 23.5 Å². The lowest BCUT2D eigenvalue weighted by Gasteiger charge is -2.21. The third-order valence-electron chi connectivity index (χ3n) is 3.65. The number of rotatable bonds is 5. The summed E-state index contributed by atoms with van der Waals surface area (Å²) in [5, 5.41) is 5.90. The van der Waals surface area contributed by atoms with Crippen molar-refractivity contribution in [2.75, 3.05) is 0 Å². The maximum Gasteiger partial charge on any atom is 0.573 e.